The molecule has 3 rings (SSSR count). The van der Waals surface area contributed by atoms with Crippen molar-refractivity contribution in [2.75, 3.05) is 27.9 Å². The highest BCUT2D eigenvalue weighted by Crippen LogP contribution is 2.30. The van der Waals surface area contributed by atoms with E-state index in [1.54, 1.807) is 88.1 Å². The molecule has 0 heterocycles. The van der Waals surface area contributed by atoms with Crippen molar-refractivity contribution in [1.29, 1.82) is 0 Å². The Hall–Kier alpha value is -4.20. The van der Waals surface area contributed by atoms with Crippen LogP contribution >= 0.6 is 0 Å². The van der Waals surface area contributed by atoms with Gasteiger partial charge in [-0.2, -0.15) is 0 Å². The molecule has 0 saturated heterocycles. The third-order valence-electron chi connectivity index (χ3n) is 6.03. The maximum atomic E-state index is 13.1. The minimum absolute atomic E-state index is 0.358. The van der Waals surface area contributed by atoms with Crippen molar-refractivity contribution in [3.63, 3.8) is 0 Å². The molecule has 0 fully saturated rings. The van der Waals surface area contributed by atoms with Gasteiger partial charge < -0.3 is 29.6 Å². The summed E-state index contributed by atoms with van der Waals surface area (Å²) in [5.74, 6) is 1.68. The number of amides is 2. The van der Waals surface area contributed by atoms with E-state index in [1.165, 1.54) is 6.42 Å². The largest absolute Gasteiger partial charge is 0.497 e. The van der Waals surface area contributed by atoms with Crippen LogP contribution in [-0.4, -0.2) is 39.8 Å². The number of unbranched alkanes of at least 4 members (excludes halogenated alkanes) is 3. The van der Waals surface area contributed by atoms with Crippen molar-refractivity contribution < 1.29 is 28.5 Å². The number of carbonyl (C=O) groups is 2. The summed E-state index contributed by atoms with van der Waals surface area (Å²) in [5.41, 5.74) is 1.48. The fraction of sp³-hybridized carbons (Fsp3) is 0.333. The van der Waals surface area contributed by atoms with Gasteiger partial charge in [0.2, 0.25) is 0 Å². The van der Waals surface area contributed by atoms with Crippen molar-refractivity contribution in [3.05, 3.63) is 83.4 Å². The van der Waals surface area contributed by atoms with Gasteiger partial charge in [-0.1, -0.05) is 32.3 Å². The molecule has 0 aromatic heterocycles. The Morgan fingerprint density at radius 3 is 1.71 bits per heavy atom. The molecule has 0 atom stereocenters. The van der Waals surface area contributed by atoms with E-state index in [0.717, 1.165) is 19.3 Å². The van der Waals surface area contributed by atoms with Gasteiger partial charge in [-0.05, 0) is 72.6 Å². The second kappa shape index (κ2) is 14.5. The molecule has 202 valence electrons. The Labute approximate surface area is 224 Å². The summed E-state index contributed by atoms with van der Waals surface area (Å²) < 4.78 is 21.9. The number of ether oxygens (including phenoxy) is 4. The van der Waals surface area contributed by atoms with Crippen LogP contribution in [0.5, 0.6) is 23.0 Å². The molecule has 0 aliphatic carbocycles. The number of rotatable bonds is 14. The lowest BCUT2D eigenvalue weighted by Gasteiger charge is -2.22. The molecule has 0 bridgehead atoms. The molecule has 0 unspecified atom stereocenters. The highest BCUT2D eigenvalue weighted by molar-refractivity contribution is 5.97. The fourth-order valence-electron chi connectivity index (χ4n) is 3.81. The van der Waals surface area contributed by atoms with Crippen LogP contribution in [0.15, 0.2) is 66.7 Å². The minimum Gasteiger partial charge on any atom is -0.497 e. The molecule has 38 heavy (non-hydrogen) atoms. The molecular formula is C30H36N2O6. The predicted octanol–water partition coefficient (Wildman–Crippen LogP) is 5.53. The second-order valence-corrected chi connectivity index (χ2v) is 8.66. The maximum Gasteiger partial charge on any atom is 0.253 e. The lowest BCUT2D eigenvalue weighted by Crippen LogP contribution is -2.41. The van der Waals surface area contributed by atoms with Gasteiger partial charge in [0.1, 0.15) is 17.7 Å². The van der Waals surface area contributed by atoms with Gasteiger partial charge in [0.05, 0.1) is 27.9 Å². The monoisotopic (exact) mass is 520 g/mol. The summed E-state index contributed by atoms with van der Waals surface area (Å²) in [4.78, 5) is 26.2. The summed E-state index contributed by atoms with van der Waals surface area (Å²) in [6.07, 6.45) is 3.55. The SMILES string of the molecule is CCCCCCOc1ccc(C(NC(=O)c2ccc(OC)cc2)NC(=O)c2ccc(OC)cc2)cc1OC. The normalized spacial score (nSPS) is 10.6. The van der Waals surface area contributed by atoms with Gasteiger partial charge in [-0.15, -0.1) is 0 Å². The number of hydrogen-bond donors (Lipinski definition) is 2. The maximum absolute atomic E-state index is 13.1. The number of methoxy groups -OCH3 is 3. The number of carbonyl (C=O) groups excluding carboxylic acids is 2. The van der Waals surface area contributed by atoms with Crippen molar-refractivity contribution in [3.8, 4) is 23.0 Å². The van der Waals surface area contributed by atoms with Crippen molar-refractivity contribution in [2.45, 2.75) is 38.8 Å². The Bertz CT molecular complexity index is 1120. The molecule has 2 N–H and O–H groups in total. The van der Waals surface area contributed by atoms with E-state index in [2.05, 4.69) is 17.6 Å². The van der Waals surface area contributed by atoms with Crippen LogP contribution in [0.2, 0.25) is 0 Å². The molecule has 0 saturated carbocycles. The summed E-state index contributed by atoms with van der Waals surface area (Å²) >= 11 is 0. The van der Waals surface area contributed by atoms with Gasteiger partial charge in [-0.25, -0.2) is 0 Å². The van der Waals surface area contributed by atoms with Crippen LogP contribution in [0, 0.1) is 0 Å². The van der Waals surface area contributed by atoms with Crippen LogP contribution in [0.3, 0.4) is 0 Å². The highest BCUT2D eigenvalue weighted by atomic mass is 16.5. The van der Waals surface area contributed by atoms with E-state index < -0.39 is 6.17 Å². The molecule has 0 spiro atoms. The summed E-state index contributed by atoms with van der Waals surface area (Å²) in [5, 5.41) is 5.83. The van der Waals surface area contributed by atoms with E-state index in [-0.39, 0.29) is 11.8 Å². The lowest BCUT2D eigenvalue weighted by molar-refractivity contribution is 0.0883. The summed E-state index contributed by atoms with van der Waals surface area (Å²) in [6.45, 7) is 2.75. The van der Waals surface area contributed by atoms with E-state index >= 15 is 0 Å². The Morgan fingerprint density at radius 2 is 1.24 bits per heavy atom. The highest BCUT2D eigenvalue weighted by Gasteiger charge is 2.21. The van der Waals surface area contributed by atoms with Crippen molar-refractivity contribution >= 4 is 11.8 Å². The fourth-order valence-corrected chi connectivity index (χ4v) is 3.81. The number of benzene rings is 3. The molecule has 3 aromatic carbocycles. The molecule has 3 aromatic rings. The van der Waals surface area contributed by atoms with E-state index in [4.69, 9.17) is 18.9 Å². The minimum atomic E-state index is -0.841. The van der Waals surface area contributed by atoms with Gasteiger partial charge in [0.25, 0.3) is 11.8 Å². The molecule has 8 nitrogen and oxygen atoms in total. The van der Waals surface area contributed by atoms with Gasteiger partial charge in [-0.3, -0.25) is 9.59 Å². The van der Waals surface area contributed by atoms with Crippen LogP contribution in [0.1, 0.15) is 65.1 Å². The van der Waals surface area contributed by atoms with Crippen LogP contribution in [0.4, 0.5) is 0 Å². The quantitative estimate of drug-likeness (QED) is 0.214. The van der Waals surface area contributed by atoms with Crippen molar-refractivity contribution in [1.82, 2.24) is 10.6 Å². The third-order valence-corrected chi connectivity index (χ3v) is 6.03. The lowest BCUT2D eigenvalue weighted by atomic mass is 10.1. The molecule has 8 heteroatoms. The van der Waals surface area contributed by atoms with E-state index in [1.807, 2.05) is 0 Å². The smallest absolute Gasteiger partial charge is 0.253 e. The van der Waals surface area contributed by atoms with E-state index in [9.17, 15) is 9.59 Å². The van der Waals surface area contributed by atoms with Crippen molar-refractivity contribution in [2.24, 2.45) is 0 Å². The molecule has 0 aliphatic heterocycles. The van der Waals surface area contributed by atoms with Gasteiger partial charge in [0.15, 0.2) is 11.5 Å². The molecule has 0 radical (unpaired) electrons. The first-order valence-corrected chi connectivity index (χ1v) is 12.7. The van der Waals surface area contributed by atoms with Crippen LogP contribution < -0.4 is 29.6 Å². The molecular weight excluding hydrogens is 484 g/mol. The zero-order valence-corrected chi connectivity index (χ0v) is 22.4. The Morgan fingerprint density at radius 1 is 0.684 bits per heavy atom. The number of hydrogen-bond acceptors (Lipinski definition) is 6. The topological polar surface area (TPSA) is 95.1 Å². The van der Waals surface area contributed by atoms with Crippen LogP contribution in [0.25, 0.3) is 0 Å². The summed E-state index contributed by atoms with van der Waals surface area (Å²) in [7, 11) is 4.68. The first kappa shape index (κ1) is 28.4. The zero-order valence-electron chi connectivity index (χ0n) is 22.4. The standard InChI is InChI=1S/C30H36N2O6/c1-5-6-7-8-19-38-26-18-13-23(20-27(26)37-4)28(31-29(33)21-9-14-24(35-2)15-10-21)32-30(34)22-11-16-25(36-3)17-12-22/h9-18,20,28H,5-8,19H2,1-4H3,(H,31,33)(H,32,34). The van der Waals surface area contributed by atoms with E-state index in [0.29, 0.717) is 46.3 Å². The first-order valence-electron chi connectivity index (χ1n) is 12.7. The van der Waals surface area contributed by atoms with Gasteiger partial charge >= 0.3 is 0 Å². The zero-order chi connectivity index (χ0) is 27.3. The van der Waals surface area contributed by atoms with Gasteiger partial charge in [0, 0.05) is 11.1 Å². The molecule has 2 amide bonds. The average Bonchev–Trinajstić information content (AvgIpc) is 2.96. The predicted molar refractivity (Wildman–Crippen MR) is 146 cm³/mol. The molecule has 0 aliphatic rings. The average molecular weight is 521 g/mol. The summed E-state index contributed by atoms with van der Waals surface area (Å²) in [6, 6.07) is 18.8. The first-order chi connectivity index (χ1) is 18.5. The third kappa shape index (κ3) is 7.90. The second-order valence-electron chi connectivity index (χ2n) is 8.66. The Balaban J connectivity index is 1.83. The van der Waals surface area contributed by atoms with Crippen LogP contribution in [-0.2, 0) is 0 Å². The Kier molecular flexibility index (Phi) is 10.8. The number of nitrogens with one attached hydrogen (secondary N) is 2.